The van der Waals surface area contributed by atoms with Gasteiger partial charge < -0.3 is 99.2 Å². The average molecular weight is 1020 g/mol. The van der Waals surface area contributed by atoms with Gasteiger partial charge in [-0.2, -0.15) is 0 Å². The molecule has 4 aliphatic carbocycles. The van der Waals surface area contributed by atoms with Crippen molar-refractivity contribution in [2.75, 3.05) is 33.0 Å². The molecule has 6 saturated heterocycles. The molecule has 408 valence electrons. The lowest BCUT2D eigenvalue weighted by molar-refractivity contribution is -0.404. The maximum atomic E-state index is 11.8. The SMILES string of the molecule is CC1CCC2C(C)C3C(CC4C5CCC6CC(OC7OC(CO)C(OC8OC(CO)C(O)C(OC9OCC(O)C(O)C9O)C8OC8OC(CO)C(O)C(O)C8O)C(O)C7O)CCC6(C)C5CCC43C)N2C1. The van der Waals surface area contributed by atoms with Gasteiger partial charge in [-0.05, 0) is 116 Å². The van der Waals surface area contributed by atoms with Crippen molar-refractivity contribution >= 4 is 0 Å². The predicted octanol–water partition coefficient (Wildman–Crippen LogP) is -2.33. The van der Waals surface area contributed by atoms with Crippen LogP contribution in [0.1, 0.15) is 91.9 Å². The van der Waals surface area contributed by atoms with E-state index in [1.807, 2.05) is 0 Å². The third-order valence-corrected chi connectivity index (χ3v) is 20.4. The van der Waals surface area contributed by atoms with E-state index in [9.17, 15) is 61.3 Å². The molecule has 0 bridgehead atoms. The first-order chi connectivity index (χ1) is 33.8. The summed E-state index contributed by atoms with van der Waals surface area (Å²) in [4.78, 5) is 2.94. The predicted molar refractivity (Wildman–Crippen MR) is 243 cm³/mol. The molecular weight excluding hydrogens is 935 g/mol. The van der Waals surface area contributed by atoms with Crippen LogP contribution in [0, 0.1) is 52.3 Å². The Morgan fingerprint density at radius 1 is 0.521 bits per heavy atom. The smallest absolute Gasteiger partial charge is 0.187 e. The molecule has 0 aromatic rings. The molecule has 4 saturated carbocycles. The fourth-order valence-electron chi connectivity index (χ4n) is 16.6. The van der Waals surface area contributed by atoms with Crippen LogP contribution in [0.3, 0.4) is 0 Å². The molecule has 0 spiro atoms. The van der Waals surface area contributed by atoms with Gasteiger partial charge in [0.15, 0.2) is 25.2 Å². The van der Waals surface area contributed by atoms with Crippen LogP contribution in [0.2, 0.25) is 0 Å². The molecule has 31 atom stereocenters. The second-order valence-electron chi connectivity index (χ2n) is 24.0. The Kier molecular flexibility index (Phi) is 15.7. The van der Waals surface area contributed by atoms with E-state index in [0.717, 1.165) is 55.4 Å². The Hall–Kier alpha value is -0.840. The van der Waals surface area contributed by atoms with E-state index < -0.39 is 143 Å². The standard InChI is InChI=1S/C50H83NO20/c1-20-5-8-27-21(2)33-28(51(27)15-20)14-26-24-7-6-22-13-23(9-11-49(22,3)25(24)10-12-50(26,33)4)65-46-41(63)38(60)42(32(18-54)68-46)69-48-44(71-47-40(62)37(59)35(57)30(16-52)66-47)43(36(58)31(17-53)67-48)70-45-39(61)34(56)29(55)19-64-45/h20-48,52-63H,5-19H2,1-4H3. The Morgan fingerprint density at radius 2 is 1.14 bits per heavy atom. The van der Waals surface area contributed by atoms with E-state index in [1.165, 1.54) is 45.1 Å². The molecule has 6 heterocycles. The molecule has 10 aliphatic rings. The Balaban J connectivity index is 0.821. The highest BCUT2D eigenvalue weighted by molar-refractivity contribution is 5.17. The molecule has 0 radical (unpaired) electrons. The molecule has 12 N–H and O–H groups in total. The summed E-state index contributed by atoms with van der Waals surface area (Å²) in [6.45, 7) is 8.43. The molecule has 6 aliphatic heterocycles. The summed E-state index contributed by atoms with van der Waals surface area (Å²) in [6, 6.07) is 1.44. The van der Waals surface area contributed by atoms with Crippen molar-refractivity contribution in [3.8, 4) is 0 Å². The summed E-state index contributed by atoms with van der Waals surface area (Å²) >= 11 is 0. The minimum atomic E-state index is -1.99. The first-order valence-corrected chi connectivity index (χ1v) is 26.7. The molecular formula is C50H83NO20. The Labute approximate surface area is 415 Å². The summed E-state index contributed by atoms with van der Waals surface area (Å²) in [5, 5.41) is 129. The van der Waals surface area contributed by atoms with Crippen LogP contribution in [0.25, 0.3) is 0 Å². The maximum Gasteiger partial charge on any atom is 0.187 e. The minimum absolute atomic E-state index is 0.145. The van der Waals surface area contributed by atoms with Crippen LogP contribution in [-0.2, 0) is 37.9 Å². The highest BCUT2D eigenvalue weighted by Crippen LogP contribution is 2.71. The molecule has 31 unspecified atom stereocenters. The van der Waals surface area contributed by atoms with Gasteiger partial charge in [-0.3, -0.25) is 4.90 Å². The van der Waals surface area contributed by atoms with E-state index in [2.05, 4.69) is 32.6 Å². The number of fused-ring (bicyclic) bond motifs is 9. The normalized spacial score (nSPS) is 57.5. The van der Waals surface area contributed by atoms with Gasteiger partial charge in [0.05, 0.1) is 32.5 Å². The van der Waals surface area contributed by atoms with Crippen molar-refractivity contribution < 1.29 is 99.2 Å². The molecule has 71 heavy (non-hydrogen) atoms. The summed E-state index contributed by atoms with van der Waals surface area (Å²) in [6.07, 6.45) is -21.7. The zero-order chi connectivity index (χ0) is 50.6. The van der Waals surface area contributed by atoms with Crippen LogP contribution in [0.15, 0.2) is 0 Å². The highest BCUT2D eigenvalue weighted by atomic mass is 16.8. The van der Waals surface area contributed by atoms with E-state index in [-0.39, 0.29) is 11.5 Å². The van der Waals surface area contributed by atoms with E-state index in [0.29, 0.717) is 29.2 Å². The topological polar surface area (TPSA) is 320 Å². The van der Waals surface area contributed by atoms with Crippen molar-refractivity contribution in [3.05, 3.63) is 0 Å². The van der Waals surface area contributed by atoms with Crippen LogP contribution in [0.5, 0.6) is 0 Å². The largest absolute Gasteiger partial charge is 0.394 e. The fourth-order valence-corrected chi connectivity index (χ4v) is 16.6. The quantitative estimate of drug-likeness (QED) is 0.0966. The van der Waals surface area contributed by atoms with Crippen molar-refractivity contribution in [2.24, 2.45) is 52.3 Å². The number of hydrogen-bond acceptors (Lipinski definition) is 21. The number of ether oxygens (including phenoxy) is 8. The Morgan fingerprint density at radius 3 is 1.87 bits per heavy atom. The third-order valence-electron chi connectivity index (χ3n) is 20.4. The number of hydrogen-bond donors (Lipinski definition) is 12. The van der Waals surface area contributed by atoms with Crippen LogP contribution in [-0.4, -0.2) is 234 Å². The molecule has 21 heteroatoms. The monoisotopic (exact) mass is 1020 g/mol. The van der Waals surface area contributed by atoms with E-state index in [4.69, 9.17) is 37.9 Å². The molecule has 10 rings (SSSR count). The van der Waals surface area contributed by atoms with Crippen LogP contribution in [0.4, 0.5) is 0 Å². The second-order valence-corrected chi connectivity index (χ2v) is 24.0. The first-order valence-electron chi connectivity index (χ1n) is 26.7. The first kappa shape index (κ1) is 53.6. The van der Waals surface area contributed by atoms with Crippen molar-refractivity contribution in [1.29, 1.82) is 0 Å². The van der Waals surface area contributed by atoms with Crippen molar-refractivity contribution in [3.63, 3.8) is 0 Å². The molecule has 10 fully saturated rings. The zero-order valence-corrected chi connectivity index (χ0v) is 41.4. The van der Waals surface area contributed by atoms with Gasteiger partial charge in [-0.25, -0.2) is 0 Å². The van der Waals surface area contributed by atoms with Gasteiger partial charge >= 0.3 is 0 Å². The molecule has 0 aromatic heterocycles. The number of piperidine rings is 1. The van der Waals surface area contributed by atoms with Crippen LogP contribution >= 0.6 is 0 Å². The number of rotatable bonds is 11. The number of aliphatic hydroxyl groups excluding tert-OH is 12. The average Bonchev–Trinajstić information content (AvgIpc) is 3.83. The Bertz CT molecular complexity index is 1810. The second kappa shape index (κ2) is 20.8. The number of nitrogens with zero attached hydrogens (tertiary/aromatic N) is 1. The van der Waals surface area contributed by atoms with E-state index >= 15 is 0 Å². The van der Waals surface area contributed by atoms with Crippen molar-refractivity contribution in [1.82, 2.24) is 4.90 Å². The third kappa shape index (κ3) is 9.20. The molecule has 21 nitrogen and oxygen atoms in total. The van der Waals surface area contributed by atoms with Gasteiger partial charge in [0, 0.05) is 18.6 Å². The lowest BCUT2D eigenvalue weighted by Crippen LogP contribution is -2.68. The van der Waals surface area contributed by atoms with Crippen LogP contribution < -0.4 is 0 Å². The van der Waals surface area contributed by atoms with Gasteiger partial charge in [0.25, 0.3) is 0 Å². The summed E-state index contributed by atoms with van der Waals surface area (Å²) in [7, 11) is 0. The maximum absolute atomic E-state index is 11.8. The van der Waals surface area contributed by atoms with Gasteiger partial charge in [0.2, 0.25) is 0 Å². The lowest BCUT2D eigenvalue weighted by Gasteiger charge is -2.61. The fraction of sp³-hybridized carbons (Fsp3) is 1.00. The summed E-state index contributed by atoms with van der Waals surface area (Å²) in [5.41, 5.74) is 0.517. The molecule has 0 amide bonds. The number of aliphatic hydroxyl groups is 12. The summed E-state index contributed by atoms with van der Waals surface area (Å²) < 4.78 is 48.0. The zero-order valence-electron chi connectivity index (χ0n) is 41.4. The van der Waals surface area contributed by atoms with Gasteiger partial charge in [-0.1, -0.05) is 27.7 Å². The van der Waals surface area contributed by atoms with E-state index in [1.54, 1.807) is 0 Å². The molecule has 0 aromatic carbocycles. The summed E-state index contributed by atoms with van der Waals surface area (Å²) in [5.74, 6) is 4.74. The minimum Gasteiger partial charge on any atom is -0.394 e. The lowest BCUT2D eigenvalue weighted by atomic mass is 9.44. The van der Waals surface area contributed by atoms with Gasteiger partial charge in [0.1, 0.15) is 91.6 Å². The highest BCUT2D eigenvalue weighted by Gasteiger charge is 2.67. The van der Waals surface area contributed by atoms with Crippen molar-refractivity contribution in [2.45, 2.75) is 227 Å². The van der Waals surface area contributed by atoms with Gasteiger partial charge in [-0.15, -0.1) is 0 Å².